The van der Waals surface area contributed by atoms with Crippen molar-refractivity contribution in [1.82, 2.24) is 4.90 Å². The zero-order chi connectivity index (χ0) is 8.27. The van der Waals surface area contributed by atoms with Gasteiger partial charge in [0.15, 0.2) is 16.3 Å². The fourth-order valence-corrected chi connectivity index (χ4v) is 1.37. The van der Waals surface area contributed by atoms with Crippen LogP contribution in [-0.4, -0.2) is 35.3 Å². The van der Waals surface area contributed by atoms with Gasteiger partial charge >= 0.3 is 6.09 Å². The first-order valence-electron chi connectivity index (χ1n) is 3.49. The number of piperidine rings is 1. The van der Waals surface area contributed by atoms with Crippen molar-refractivity contribution in [2.75, 3.05) is 13.1 Å². The molecule has 0 spiro atoms. The largest absolute Gasteiger partial charge is 0.421 e. The lowest BCUT2D eigenvalue weighted by molar-refractivity contribution is 0.0726. The van der Waals surface area contributed by atoms with Crippen molar-refractivity contribution in [2.45, 2.75) is 18.9 Å². The summed E-state index contributed by atoms with van der Waals surface area (Å²) in [6.07, 6.45) is 0.786. The molecule has 64 valence electrons. The van der Waals surface area contributed by atoms with Gasteiger partial charge in [-0.2, -0.15) is 0 Å². The Labute approximate surface area is 73.6 Å². The van der Waals surface area contributed by atoms with Gasteiger partial charge in [0.05, 0.1) is 6.10 Å². The van der Waals surface area contributed by atoms with E-state index in [0.29, 0.717) is 13.1 Å². The Kier molecular flexibility index (Phi) is 3.14. The number of aliphatic hydroxyl groups excluding tert-OH is 1. The number of rotatable bonds is 0. The van der Waals surface area contributed by atoms with Gasteiger partial charge < -0.3 is 13.8 Å². The Morgan fingerprint density at radius 3 is 3.00 bits per heavy atom. The molecule has 0 bridgehead atoms. The first kappa shape index (κ1) is 8.80. The second-order valence-electron chi connectivity index (χ2n) is 2.59. The summed E-state index contributed by atoms with van der Waals surface area (Å²) >= 11 is 2.60. The molecule has 0 aliphatic carbocycles. The molecule has 1 saturated heterocycles. The average Bonchev–Trinajstić information content (AvgIpc) is 2.03. The summed E-state index contributed by atoms with van der Waals surface area (Å²) < 4.78 is 4.33. The first-order valence-corrected chi connectivity index (χ1v) is 4.14. The normalized spacial score (nSPS) is 24.9. The van der Waals surface area contributed by atoms with Crippen LogP contribution in [0, 0.1) is 0 Å². The van der Waals surface area contributed by atoms with Gasteiger partial charge in [0, 0.05) is 13.1 Å². The van der Waals surface area contributed by atoms with Crippen LogP contribution < -0.4 is 0 Å². The Morgan fingerprint density at radius 2 is 2.45 bits per heavy atom. The molecule has 1 amide bonds. The fourth-order valence-electron chi connectivity index (χ4n) is 1.17. The van der Waals surface area contributed by atoms with Crippen molar-refractivity contribution in [2.24, 2.45) is 0 Å². The van der Waals surface area contributed by atoms with Gasteiger partial charge in [-0.25, -0.2) is 4.79 Å². The van der Waals surface area contributed by atoms with E-state index in [2.05, 4.69) is 20.1 Å². The maximum Gasteiger partial charge on any atom is 0.421 e. The first-order chi connectivity index (χ1) is 5.24. The molecule has 1 atom stereocenters. The van der Waals surface area contributed by atoms with Crippen LogP contribution in [0.5, 0.6) is 0 Å². The Hall–Kier alpha value is -0.290. The highest BCUT2D eigenvalue weighted by Crippen LogP contribution is 2.11. The van der Waals surface area contributed by atoms with E-state index in [-0.39, 0.29) is 0 Å². The van der Waals surface area contributed by atoms with Crippen LogP contribution in [-0.2, 0) is 3.83 Å². The Morgan fingerprint density at radius 1 is 1.73 bits per heavy atom. The van der Waals surface area contributed by atoms with Gasteiger partial charge in [0.25, 0.3) is 0 Å². The van der Waals surface area contributed by atoms with Crippen LogP contribution in [0.25, 0.3) is 0 Å². The number of carbonyl (C=O) groups is 1. The molecule has 5 heteroatoms. The molecule has 0 aromatic heterocycles. The van der Waals surface area contributed by atoms with E-state index in [4.69, 9.17) is 5.11 Å². The minimum absolute atomic E-state index is 0.379. The maximum atomic E-state index is 10.9. The Balaban J connectivity index is 2.39. The van der Waals surface area contributed by atoms with Gasteiger partial charge in [-0.05, 0) is 12.8 Å². The topological polar surface area (TPSA) is 49.8 Å². The van der Waals surface area contributed by atoms with Crippen LogP contribution in [0.15, 0.2) is 0 Å². The maximum absolute atomic E-state index is 10.9. The molecule has 0 saturated carbocycles. The molecule has 4 nitrogen and oxygen atoms in total. The van der Waals surface area contributed by atoms with E-state index in [9.17, 15) is 4.79 Å². The predicted molar refractivity (Wildman–Crippen MR) is 42.2 cm³/mol. The molecule has 1 aliphatic heterocycles. The van der Waals surface area contributed by atoms with Crippen LogP contribution in [0.2, 0.25) is 0 Å². The second-order valence-corrected chi connectivity index (χ2v) is 2.91. The standard InChI is InChI=1S/C6H10BrNO3/c7-11-6(10)8-3-1-2-5(9)4-8/h5,9H,1-4H2. The number of halogens is 1. The van der Waals surface area contributed by atoms with Crippen LogP contribution in [0.4, 0.5) is 4.79 Å². The van der Waals surface area contributed by atoms with E-state index in [1.807, 2.05) is 0 Å². The molecular formula is C6H10BrNO3. The van der Waals surface area contributed by atoms with Gasteiger partial charge in [0.1, 0.15) is 0 Å². The lowest BCUT2D eigenvalue weighted by Crippen LogP contribution is -2.41. The highest BCUT2D eigenvalue weighted by Gasteiger charge is 2.22. The number of hydrogen-bond donors (Lipinski definition) is 1. The predicted octanol–water partition coefficient (Wildman–Crippen LogP) is 0.890. The summed E-state index contributed by atoms with van der Waals surface area (Å²) in [5.74, 6) is 0. The lowest BCUT2D eigenvalue weighted by Gasteiger charge is -2.27. The highest BCUT2D eigenvalue weighted by molar-refractivity contribution is 9.06. The van der Waals surface area contributed by atoms with Crippen molar-refractivity contribution in [3.8, 4) is 0 Å². The van der Waals surface area contributed by atoms with Crippen molar-refractivity contribution in [3.05, 3.63) is 0 Å². The zero-order valence-corrected chi connectivity index (χ0v) is 7.58. The Bertz CT molecular complexity index is 153. The molecule has 0 aromatic carbocycles. The molecule has 0 radical (unpaired) electrons. The monoisotopic (exact) mass is 223 g/mol. The van der Waals surface area contributed by atoms with Crippen molar-refractivity contribution < 1.29 is 13.7 Å². The number of nitrogens with zero attached hydrogens (tertiary/aromatic N) is 1. The number of carbonyl (C=O) groups excluding carboxylic acids is 1. The summed E-state index contributed by atoms with van der Waals surface area (Å²) in [6.45, 7) is 1.05. The third kappa shape index (κ3) is 2.34. The quantitative estimate of drug-likeness (QED) is 0.664. The SMILES string of the molecule is O=C(OBr)N1CCCC(O)C1. The number of amides is 1. The van der Waals surface area contributed by atoms with Gasteiger partial charge in [-0.15, -0.1) is 0 Å². The molecule has 1 unspecified atom stereocenters. The van der Waals surface area contributed by atoms with Crippen LogP contribution in [0.3, 0.4) is 0 Å². The average molecular weight is 224 g/mol. The second kappa shape index (κ2) is 3.92. The molecule has 1 aliphatic rings. The van der Waals surface area contributed by atoms with Crippen molar-refractivity contribution in [3.63, 3.8) is 0 Å². The molecular weight excluding hydrogens is 214 g/mol. The van der Waals surface area contributed by atoms with Crippen molar-refractivity contribution in [1.29, 1.82) is 0 Å². The van der Waals surface area contributed by atoms with E-state index in [0.717, 1.165) is 12.8 Å². The number of hydrogen-bond acceptors (Lipinski definition) is 3. The number of β-amino-alcohol motifs (C(OH)–C–C–N with tert-alkyl or cyclic N) is 1. The smallest absolute Gasteiger partial charge is 0.391 e. The summed E-state index contributed by atoms with van der Waals surface area (Å²) in [5.41, 5.74) is 0. The van der Waals surface area contributed by atoms with E-state index in [1.54, 1.807) is 0 Å². The highest BCUT2D eigenvalue weighted by atomic mass is 79.9. The lowest BCUT2D eigenvalue weighted by atomic mass is 10.1. The van der Waals surface area contributed by atoms with Crippen molar-refractivity contribution >= 4 is 22.4 Å². The van der Waals surface area contributed by atoms with Crippen LogP contribution in [0.1, 0.15) is 12.8 Å². The van der Waals surface area contributed by atoms with Crippen LogP contribution >= 0.6 is 16.3 Å². The summed E-state index contributed by atoms with van der Waals surface area (Å²) in [7, 11) is 0. The van der Waals surface area contributed by atoms with E-state index in [1.165, 1.54) is 4.90 Å². The van der Waals surface area contributed by atoms with Gasteiger partial charge in [0.2, 0.25) is 0 Å². The minimum atomic E-state index is -0.427. The number of likely N-dealkylation sites (tertiary alicyclic amines) is 1. The molecule has 1 heterocycles. The van der Waals surface area contributed by atoms with Gasteiger partial charge in [-0.1, -0.05) is 0 Å². The zero-order valence-electron chi connectivity index (χ0n) is 5.99. The molecule has 1 fully saturated rings. The molecule has 1 rings (SSSR count). The minimum Gasteiger partial charge on any atom is -0.391 e. The van der Waals surface area contributed by atoms with E-state index < -0.39 is 12.2 Å². The number of aliphatic hydroxyl groups is 1. The molecule has 1 N–H and O–H groups in total. The summed E-state index contributed by atoms with van der Waals surface area (Å²) in [4.78, 5) is 12.3. The fraction of sp³-hybridized carbons (Fsp3) is 0.833. The van der Waals surface area contributed by atoms with Gasteiger partial charge in [-0.3, -0.25) is 0 Å². The third-order valence-corrected chi connectivity index (χ3v) is 2.00. The molecule has 0 aromatic rings. The third-order valence-electron chi connectivity index (χ3n) is 1.72. The molecule has 11 heavy (non-hydrogen) atoms. The van der Waals surface area contributed by atoms with E-state index >= 15 is 0 Å². The summed E-state index contributed by atoms with van der Waals surface area (Å²) in [6, 6.07) is 0. The summed E-state index contributed by atoms with van der Waals surface area (Å²) in [5, 5.41) is 9.16.